The van der Waals surface area contributed by atoms with Crippen molar-refractivity contribution in [2.24, 2.45) is 0 Å². The summed E-state index contributed by atoms with van der Waals surface area (Å²) in [5, 5.41) is 23.1. The maximum absolute atomic E-state index is 12.6. The van der Waals surface area contributed by atoms with Gasteiger partial charge in [-0.05, 0) is 25.5 Å². The molecule has 0 bridgehead atoms. The van der Waals surface area contributed by atoms with E-state index in [0.717, 1.165) is 12.1 Å². The first kappa shape index (κ1) is 17.2. The minimum absolute atomic E-state index is 0.0435. The molecule has 0 aliphatic rings. The summed E-state index contributed by atoms with van der Waals surface area (Å²) in [6.07, 6.45) is -3.42. The van der Waals surface area contributed by atoms with E-state index in [2.05, 4.69) is 5.32 Å². The summed E-state index contributed by atoms with van der Waals surface area (Å²) in [5.41, 5.74) is -2.63. The lowest BCUT2D eigenvalue weighted by Gasteiger charge is -2.29. The van der Waals surface area contributed by atoms with Crippen molar-refractivity contribution < 1.29 is 23.2 Å². The smallest absolute Gasteiger partial charge is 0.394 e. The van der Waals surface area contributed by atoms with Crippen LogP contribution < -0.4 is 5.32 Å². The lowest BCUT2D eigenvalue weighted by Crippen LogP contribution is -2.38. The van der Waals surface area contributed by atoms with Gasteiger partial charge in [0.05, 0.1) is 22.6 Å². The molecule has 0 radical (unpaired) electrons. The third kappa shape index (κ3) is 4.32. The summed E-state index contributed by atoms with van der Waals surface area (Å²) in [5.74, 6) is 0. The number of hydrogen-bond acceptors (Lipinski definition) is 4. The third-order valence-electron chi connectivity index (χ3n) is 3.11. The number of hydrogen-bond donors (Lipinski definition) is 2. The quantitative estimate of drug-likeness (QED) is 0.622. The largest absolute Gasteiger partial charge is 0.416 e. The van der Waals surface area contributed by atoms with Crippen molar-refractivity contribution in [3.8, 4) is 0 Å². The van der Waals surface area contributed by atoms with Crippen LogP contribution >= 0.6 is 0 Å². The lowest BCUT2D eigenvalue weighted by atomic mass is 9.96. The van der Waals surface area contributed by atoms with Crippen LogP contribution in [-0.2, 0) is 6.18 Å². The van der Waals surface area contributed by atoms with Gasteiger partial charge in [0.15, 0.2) is 0 Å². The van der Waals surface area contributed by atoms with E-state index in [9.17, 15) is 28.4 Å². The minimum Gasteiger partial charge on any atom is -0.394 e. The van der Waals surface area contributed by atoms with Crippen molar-refractivity contribution in [2.45, 2.75) is 38.4 Å². The van der Waals surface area contributed by atoms with E-state index in [-0.39, 0.29) is 12.3 Å². The van der Waals surface area contributed by atoms with E-state index >= 15 is 0 Å². The van der Waals surface area contributed by atoms with Crippen LogP contribution in [0.2, 0.25) is 0 Å². The van der Waals surface area contributed by atoms with Gasteiger partial charge in [0, 0.05) is 6.07 Å². The van der Waals surface area contributed by atoms with Crippen LogP contribution in [-0.4, -0.2) is 22.2 Å². The molecule has 0 aliphatic heterocycles. The fraction of sp³-hybridized carbons (Fsp3) is 0.538. The molecule has 2 N–H and O–H groups in total. The molecule has 1 atom stereocenters. The van der Waals surface area contributed by atoms with Crippen molar-refractivity contribution >= 4 is 11.4 Å². The molecule has 1 aromatic rings. The predicted molar refractivity (Wildman–Crippen MR) is 72.1 cm³/mol. The van der Waals surface area contributed by atoms with Gasteiger partial charge in [0.25, 0.3) is 5.69 Å². The minimum atomic E-state index is -4.65. The summed E-state index contributed by atoms with van der Waals surface area (Å²) < 4.78 is 37.8. The van der Waals surface area contributed by atoms with E-state index in [1.807, 2.05) is 6.92 Å². The van der Waals surface area contributed by atoms with Gasteiger partial charge < -0.3 is 10.4 Å². The number of anilines is 1. The van der Waals surface area contributed by atoms with Gasteiger partial charge in [-0.3, -0.25) is 10.1 Å². The topological polar surface area (TPSA) is 75.4 Å². The highest BCUT2D eigenvalue weighted by atomic mass is 19.4. The molecule has 1 aromatic carbocycles. The van der Waals surface area contributed by atoms with E-state index in [4.69, 9.17) is 0 Å². The Morgan fingerprint density at radius 2 is 2.00 bits per heavy atom. The molecule has 21 heavy (non-hydrogen) atoms. The molecule has 0 aromatic heterocycles. The van der Waals surface area contributed by atoms with Crippen molar-refractivity contribution in [3.63, 3.8) is 0 Å². The van der Waals surface area contributed by atoms with Crippen LogP contribution in [0.4, 0.5) is 24.5 Å². The lowest BCUT2D eigenvalue weighted by molar-refractivity contribution is -0.384. The van der Waals surface area contributed by atoms with Crippen LogP contribution in [0.15, 0.2) is 18.2 Å². The van der Waals surface area contributed by atoms with Crippen LogP contribution in [0.5, 0.6) is 0 Å². The van der Waals surface area contributed by atoms with Crippen LogP contribution in [0.3, 0.4) is 0 Å². The third-order valence-corrected chi connectivity index (χ3v) is 3.11. The van der Waals surface area contributed by atoms with Crippen LogP contribution in [0.25, 0.3) is 0 Å². The molecule has 0 fully saturated rings. The average molecular weight is 306 g/mol. The molecule has 118 valence electrons. The Kier molecular flexibility index (Phi) is 5.16. The fourth-order valence-corrected chi connectivity index (χ4v) is 2.02. The Morgan fingerprint density at radius 3 is 2.43 bits per heavy atom. The number of aliphatic hydroxyl groups is 1. The molecule has 0 aliphatic carbocycles. The summed E-state index contributed by atoms with van der Waals surface area (Å²) in [6.45, 7) is 3.23. The van der Waals surface area contributed by atoms with E-state index in [1.54, 1.807) is 6.92 Å². The Hall–Kier alpha value is -1.83. The number of benzene rings is 1. The molecule has 0 saturated carbocycles. The fourth-order valence-electron chi connectivity index (χ4n) is 2.02. The van der Waals surface area contributed by atoms with Gasteiger partial charge in [-0.2, -0.15) is 13.2 Å². The second-order valence-corrected chi connectivity index (χ2v) is 5.08. The van der Waals surface area contributed by atoms with Crippen LogP contribution in [0, 0.1) is 10.1 Å². The number of nitro groups is 1. The van der Waals surface area contributed by atoms with Gasteiger partial charge in [-0.1, -0.05) is 13.3 Å². The zero-order chi connectivity index (χ0) is 16.3. The molecule has 0 unspecified atom stereocenters. The number of nitrogens with one attached hydrogen (secondary N) is 1. The first-order valence-electron chi connectivity index (χ1n) is 6.37. The molecule has 1 rings (SSSR count). The number of aliphatic hydroxyl groups excluding tert-OH is 1. The highest BCUT2D eigenvalue weighted by Crippen LogP contribution is 2.36. The summed E-state index contributed by atoms with van der Waals surface area (Å²) >= 11 is 0. The molecular formula is C13H17F3N2O3. The highest BCUT2D eigenvalue weighted by molar-refractivity contribution is 5.64. The predicted octanol–water partition coefficient (Wildman–Crippen LogP) is 3.58. The van der Waals surface area contributed by atoms with Crippen molar-refractivity contribution in [1.82, 2.24) is 0 Å². The van der Waals surface area contributed by atoms with E-state index < -0.39 is 27.9 Å². The Bertz CT molecular complexity index is 520. The van der Waals surface area contributed by atoms with Crippen molar-refractivity contribution in [3.05, 3.63) is 33.9 Å². The molecule has 0 spiro atoms. The number of alkyl halides is 3. The number of halogens is 3. The SMILES string of the molecule is CCC[C@@](C)(CO)Nc1ccc(C(F)(F)F)cc1[N+](=O)[O-]. The molecule has 5 nitrogen and oxygen atoms in total. The van der Waals surface area contributed by atoms with Crippen molar-refractivity contribution in [2.75, 3.05) is 11.9 Å². The number of nitrogens with zero attached hydrogens (tertiary/aromatic N) is 1. The van der Waals surface area contributed by atoms with E-state index in [1.165, 1.54) is 0 Å². The Balaban J connectivity index is 3.21. The maximum Gasteiger partial charge on any atom is 0.416 e. The summed E-state index contributed by atoms with van der Waals surface area (Å²) in [7, 11) is 0. The van der Waals surface area contributed by atoms with Gasteiger partial charge >= 0.3 is 6.18 Å². The Morgan fingerprint density at radius 1 is 1.38 bits per heavy atom. The number of nitro benzene ring substituents is 1. The summed E-state index contributed by atoms with van der Waals surface area (Å²) in [6, 6.07) is 2.29. The monoisotopic (exact) mass is 306 g/mol. The van der Waals surface area contributed by atoms with Gasteiger partial charge in [0.1, 0.15) is 5.69 Å². The second kappa shape index (κ2) is 6.30. The van der Waals surface area contributed by atoms with Gasteiger partial charge in [-0.15, -0.1) is 0 Å². The highest BCUT2D eigenvalue weighted by Gasteiger charge is 2.34. The zero-order valence-electron chi connectivity index (χ0n) is 11.7. The van der Waals surface area contributed by atoms with Crippen LogP contribution in [0.1, 0.15) is 32.3 Å². The molecule has 0 saturated heterocycles. The normalized spacial score (nSPS) is 14.6. The number of rotatable bonds is 6. The molecule has 0 amide bonds. The standard InChI is InChI=1S/C13H17F3N2O3/c1-3-6-12(2,8-19)17-10-5-4-9(13(14,15)16)7-11(10)18(20)21/h4-5,7,17,19H,3,6,8H2,1-2H3/t12-/m0/s1. The zero-order valence-corrected chi connectivity index (χ0v) is 11.7. The van der Waals surface area contributed by atoms with Gasteiger partial charge in [-0.25, -0.2) is 0 Å². The molecular weight excluding hydrogens is 289 g/mol. The van der Waals surface area contributed by atoms with E-state index in [0.29, 0.717) is 18.9 Å². The molecule has 0 heterocycles. The first-order chi connectivity index (χ1) is 9.63. The second-order valence-electron chi connectivity index (χ2n) is 5.08. The van der Waals surface area contributed by atoms with Crippen molar-refractivity contribution in [1.29, 1.82) is 0 Å². The average Bonchev–Trinajstić information content (AvgIpc) is 2.37. The summed E-state index contributed by atoms with van der Waals surface area (Å²) in [4.78, 5) is 10.1. The molecule has 8 heteroatoms. The van der Waals surface area contributed by atoms with Gasteiger partial charge in [0.2, 0.25) is 0 Å². The maximum atomic E-state index is 12.6. The first-order valence-corrected chi connectivity index (χ1v) is 6.37. The Labute approximate surface area is 119 Å².